The van der Waals surface area contributed by atoms with Crippen molar-refractivity contribution in [2.24, 2.45) is 11.8 Å². The van der Waals surface area contributed by atoms with E-state index in [4.69, 9.17) is 5.11 Å². The van der Waals surface area contributed by atoms with Gasteiger partial charge in [0.1, 0.15) is 0 Å². The number of hydrogen-bond donors (Lipinski definition) is 1. The minimum absolute atomic E-state index is 0.145. The fourth-order valence-corrected chi connectivity index (χ4v) is 3.24. The summed E-state index contributed by atoms with van der Waals surface area (Å²) in [6.45, 7) is 1.73. The molecule has 0 unspecified atom stereocenters. The first-order valence-corrected chi connectivity index (χ1v) is 6.73. The zero-order chi connectivity index (χ0) is 12.3. The highest BCUT2D eigenvalue weighted by Gasteiger charge is 2.31. The van der Waals surface area contributed by atoms with E-state index < -0.39 is 5.97 Å². The number of carbonyl (C=O) groups is 1. The molecule has 0 bridgehead atoms. The van der Waals surface area contributed by atoms with Gasteiger partial charge in [-0.1, -0.05) is 0 Å². The van der Waals surface area contributed by atoms with Crippen molar-refractivity contribution in [3.05, 3.63) is 0 Å². The van der Waals surface area contributed by atoms with E-state index in [1.165, 1.54) is 0 Å². The van der Waals surface area contributed by atoms with Crippen LogP contribution in [0, 0.1) is 11.8 Å². The number of halogens is 1. The molecule has 98 valence electrons. The molecule has 0 aromatic carbocycles. The molecule has 0 amide bonds. The highest BCUT2D eigenvalue weighted by molar-refractivity contribution is 5.70. The molecule has 1 saturated heterocycles. The maximum Gasteiger partial charge on any atom is 0.306 e. The number of piperidine rings is 1. The van der Waals surface area contributed by atoms with Crippen molar-refractivity contribution in [1.82, 2.24) is 4.90 Å². The van der Waals surface area contributed by atoms with Crippen LogP contribution < -0.4 is 0 Å². The van der Waals surface area contributed by atoms with Gasteiger partial charge in [-0.05, 0) is 45.1 Å². The smallest absolute Gasteiger partial charge is 0.306 e. The lowest BCUT2D eigenvalue weighted by molar-refractivity contribution is -0.143. The number of alkyl halides is 1. The molecule has 2 fully saturated rings. The predicted molar refractivity (Wildman–Crippen MR) is 63.7 cm³/mol. The molecule has 2 aliphatic rings. The molecule has 1 saturated carbocycles. The van der Waals surface area contributed by atoms with Crippen LogP contribution in [0.5, 0.6) is 0 Å². The van der Waals surface area contributed by atoms with Gasteiger partial charge in [0.25, 0.3) is 0 Å². The summed E-state index contributed by atoms with van der Waals surface area (Å²) in [4.78, 5) is 13.3. The average molecular weight is 243 g/mol. The second-order valence-corrected chi connectivity index (χ2v) is 5.50. The van der Waals surface area contributed by atoms with Gasteiger partial charge in [-0.15, -0.1) is 0 Å². The van der Waals surface area contributed by atoms with Crippen LogP contribution in [0.4, 0.5) is 4.39 Å². The van der Waals surface area contributed by atoms with Crippen LogP contribution in [0.25, 0.3) is 0 Å². The quantitative estimate of drug-likeness (QED) is 0.827. The van der Waals surface area contributed by atoms with E-state index in [9.17, 15) is 9.18 Å². The SMILES string of the molecule is O=C(O)C1CCC(N2CCC[C@@H](CF)C2)CC1. The summed E-state index contributed by atoms with van der Waals surface area (Å²) < 4.78 is 12.7. The van der Waals surface area contributed by atoms with Gasteiger partial charge in [-0.25, -0.2) is 0 Å². The minimum Gasteiger partial charge on any atom is -0.481 e. The standard InChI is InChI=1S/C13H22FNO2/c14-8-10-2-1-7-15(9-10)12-5-3-11(4-6-12)13(16)17/h10-12H,1-9H2,(H,16,17)/t10-,11?,12?/m0/s1. The Hall–Kier alpha value is -0.640. The first-order valence-electron chi connectivity index (χ1n) is 6.73. The molecular weight excluding hydrogens is 221 g/mol. The monoisotopic (exact) mass is 243 g/mol. The summed E-state index contributed by atoms with van der Waals surface area (Å²) in [6.07, 6.45) is 5.62. The Labute approximate surface area is 102 Å². The van der Waals surface area contributed by atoms with E-state index in [-0.39, 0.29) is 18.5 Å². The lowest BCUT2D eigenvalue weighted by Gasteiger charge is -2.40. The van der Waals surface area contributed by atoms with E-state index in [0.29, 0.717) is 6.04 Å². The number of carboxylic acids is 1. The second-order valence-electron chi connectivity index (χ2n) is 5.50. The van der Waals surface area contributed by atoms with Gasteiger partial charge in [0.05, 0.1) is 12.6 Å². The van der Waals surface area contributed by atoms with Crippen LogP contribution in [0.15, 0.2) is 0 Å². The maximum atomic E-state index is 12.7. The second kappa shape index (κ2) is 5.80. The van der Waals surface area contributed by atoms with E-state index in [0.717, 1.165) is 51.6 Å². The molecule has 0 radical (unpaired) electrons. The van der Waals surface area contributed by atoms with Gasteiger partial charge in [0.15, 0.2) is 0 Å². The first-order chi connectivity index (χ1) is 8.20. The van der Waals surface area contributed by atoms with Crippen molar-refractivity contribution in [2.75, 3.05) is 19.8 Å². The van der Waals surface area contributed by atoms with Crippen molar-refractivity contribution >= 4 is 5.97 Å². The third kappa shape index (κ3) is 3.18. The highest BCUT2D eigenvalue weighted by atomic mass is 19.1. The fourth-order valence-electron chi connectivity index (χ4n) is 3.24. The topological polar surface area (TPSA) is 40.5 Å². The van der Waals surface area contributed by atoms with Crippen LogP contribution in [-0.4, -0.2) is 41.8 Å². The zero-order valence-corrected chi connectivity index (χ0v) is 10.3. The largest absolute Gasteiger partial charge is 0.481 e. The number of aliphatic carboxylic acids is 1. The Morgan fingerprint density at radius 3 is 2.53 bits per heavy atom. The third-order valence-corrected chi connectivity index (χ3v) is 4.33. The highest BCUT2D eigenvalue weighted by Crippen LogP contribution is 2.30. The van der Waals surface area contributed by atoms with Gasteiger partial charge < -0.3 is 10.0 Å². The molecule has 17 heavy (non-hydrogen) atoms. The molecule has 1 atom stereocenters. The van der Waals surface area contributed by atoms with Crippen LogP contribution in [0.2, 0.25) is 0 Å². The summed E-state index contributed by atoms with van der Waals surface area (Å²) >= 11 is 0. The molecule has 1 aliphatic carbocycles. The van der Waals surface area contributed by atoms with Crippen LogP contribution >= 0.6 is 0 Å². The van der Waals surface area contributed by atoms with Crippen LogP contribution in [0.1, 0.15) is 38.5 Å². The fraction of sp³-hybridized carbons (Fsp3) is 0.923. The van der Waals surface area contributed by atoms with Crippen molar-refractivity contribution < 1.29 is 14.3 Å². The summed E-state index contributed by atoms with van der Waals surface area (Å²) in [6, 6.07) is 0.500. The molecule has 0 spiro atoms. The summed E-state index contributed by atoms with van der Waals surface area (Å²) in [5.41, 5.74) is 0. The molecule has 1 N–H and O–H groups in total. The molecule has 1 aliphatic heterocycles. The van der Waals surface area contributed by atoms with Gasteiger partial charge in [-0.3, -0.25) is 9.18 Å². The lowest BCUT2D eigenvalue weighted by Crippen LogP contribution is -2.45. The Bertz CT molecular complexity index is 264. The van der Waals surface area contributed by atoms with E-state index in [1.54, 1.807) is 0 Å². The molecular formula is C13H22FNO2. The predicted octanol–water partition coefficient (Wildman–Crippen LogP) is 2.31. The van der Waals surface area contributed by atoms with Crippen LogP contribution in [0.3, 0.4) is 0 Å². The zero-order valence-electron chi connectivity index (χ0n) is 10.3. The number of nitrogens with zero attached hydrogens (tertiary/aromatic N) is 1. The van der Waals surface area contributed by atoms with Crippen LogP contribution in [-0.2, 0) is 4.79 Å². The van der Waals surface area contributed by atoms with Crippen molar-refractivity contribution in [3.8, 4) is 0 Å². The van der Waals surface area contributed by atoms with Gasteiger partial charge >= 0.3 is 5.97 Å². The van der Waals surface area contributed by atoms with Gasteiger partial charge in [0.2, 0.25) is 0 Å². The average Bonchev–Trinajstić information content (AvgIpc) is 2.39. The van der Waals surface area contributed by atoms with E-state index in [2.05, 4.69) is 4.90 Å². The molecule has 2 rings (SSSR count). The molecule has 4 heteroatoms. The molecule has 0 aromatic rings. The Balaban J connectivity index is 1.81. The molecule has 3 nitrogen and oxygen atoms in total. The van der Waals surface area contributed by atoms with Gasteiger partial charge in [0, 0.05) is 18.5 Å². The summed E-state index contributed by atoms with van der Waals surface area (Å²) in [7, 11) is 0. The first kappa shape index (κ1) is 12.8. The number of hydrogen-bond acceptors (Lipinski definition) is 2. The Morgan fingerprint density at radius 2 is 1.94 bits per heavy atom. The Morgan fingerprint density at radius 1 is 1.24 bits per heavy atom. The lowest BCUT2D eigenvalue weighted by atomic mass is 9.84. The van der Waals surface area contributed by atoms with Crippen molar-refractivity contribution in [1.29, 1.82) is 0 Å². The van der Waals surface area contributed by atoms with Gasteiger partial charge in [-0.2, -0.15) is 0 Å². The summed E-state index contributed by atoms with van der Waals surface area (Å²) in [5.74, 6) is -0.585. The third-order valence-electron chi connectivity index (χ3n) is 4.33. The number of rotatable bonds is 3. The van der Waals surface area contributed by atoms with Crippen molar-refractivity contribution in [3.63, 3.8) is 0 Å². The molecule has 0 aromatic heterocycles. The molecule has 1 heterocycles. The number of likely N-dealkylation sites (tertiary alicyclic amines) is 1. The minimum atomic E-state index is -0.649. The maximum absolute atomic E-state index is 12.7. The van der Waals surface area contributed by atoms with Crippen molar-refractivity contribution in [2.45, 2.75) is 44.6 Å². The number of carboxylic acid groups (broad SMARTS) is 1. The van der Waals surface area contributed by atoms with E-state index >= 15 is 0 Å². The summed E-state index contributed by atoms with van der Waals surface area (Å²) in [5, 5.41) is 8.95. The van der Waals surface area contributed by atoms with E-state index in [1.807, 2.05) is 0 Å². The Kier molecular flexibility index (Phi) is 4.37. The normalized spacial score (nSPS) is 35.7.